The van der Waals surface area contributed by atoms with Crippen LogP contribution < -0.4 is 5.32 Å². The van der Waals surface area contributed by atoms with E-state index in [4.69, 9.17) is 0 Å². The SMILES string of the molecule is C[C@@]12C[C@H]3[C@H](Cc4ccccc4)N[C@@H]1CCC[C@@H]2N3C(=O)c1nccc2ccccc12. The summed E-state index contributed by atoms with van der Waals surface area (Å²) in [4.78, 5) is 20.9. The predicted octanol–water partition coefficient (Wildman–Crippen LogP) is 4.59. The van der Waals surface area contributed by atoms with E-state index in [2.05, 4.69) is 58.5 Å². The van der Waals surface area contributed by atoms with E-state index < -0.39 is 0 Å². The molecule has 4 heteroatoms. The number of carbonyl (C=O) groups excluding carboxylic acids is 1. The molecule has 2 bridgehead atoms. The first kappa shape index (κ1) is 19.0. The highest BCUT2D eigenvalue weighted by Gasteiger charge is 2.61. The van der Waals surface area contributed by atoms with Crippen molar-refractivity contribution in [2.24, 2.45) is 5.41 Å². The molecule has 31 heavy (non-hydrogen) atoms. The van der Waals surface area contributed by atoms with E-state index in [1.807, 2.05) is 24.3 Å². The lowest BCUT2D eigenvalue weighted by Gasteiger charge is -2.46. The van der Waals surface area contributed by atoms with Gasteiger partial charge in [-0.2, -0.15) is 0 Å². The molecule has 3 heterocycles. The molecule has 4 nitrogen and oxygen atoms in total. The van der Waals surface area contributed by atoms with Crippen LogP contribution in [0.25, 0.3) is 10.8 Å². The number of nitrogens with one attached hydrogen (secondary N) is 1. The summed E-state index contributed by atoms with van der Waals surface area (Å²) >= 11 is 0. The molecule has 158 valence electrons. The van der Waals surface area contributed by atoms with Gasteiger partial charge in [-0.3, -0.25) is 9.78 Å². The van der Waals surface area contributed by atoms with Crippen LogP contribution >= 0.6 is 0 Å². The Hall–Kier alpha value is -2.72. The van der Waals surface area contributed by atoms with Gasteiger partial charge < -0.3 is 10.2 Å². The third-order valence-electron chi connectivity index (χ3n) is 8.16. The van der Waals surface area contributed by atoms with Crippen molar-refractivity contribution in [3.05, 3.63) is 78.1 Å². The first-order valence-corrected chi connectivity index (χ1v) is 11.6. The highest BCUT2D eigenvalue weighted by molar-refractivity contribution is 6.05. The predicted molar refractivity (Wildman–Crippen MR) is 123 cm³/mol. The van der Waals surface area contributed by atoms with Gasteiger partial charge in [-0.25, -0.2) is 0 Å². The Balaban J connectivity index is 1.41. The number of pyridine rings is 1. The first-order valence-electron chi connectivity index (χ1n) is 11.6. The molecule has 6 rings (SSSR count). The number of carbonyl (C=O) groups is 1. The van der Waals surface area contributed by atoms with Gasteiger partial charge in [0.05, 0.1) is 0 Å². The molecule has 1 amide bonds. The number of rotatable bonds is 3. The van der Waals surface area contributed by atoms with Gasteiger partial charge in [-0.05, 0) is 49.1 Å². The van der Waals surface area contributed by atoms with Crippen LogP contribution in [0.15, 0.2) is 66.9 Å². The minimum atomic E-state index is 0.109. The number of benzene rings is 2. The van der Waals surface area contributed by atoms with Crippen molar-refractivity contribution in [3.63, 3.8) is 0 Å². The molecular formula is C27H29N3O. The van der Waals surface area contributed by atoms with E-state index in [1.165, 1.54) is 18.4 Å². The first-order chi connectivity index (χ1) is 15.1. The van der Waals surface area contributed by atoms with Crippen molar-refractivity contribution in [1.29, 1.82) is 0 Å². The largest absolute Gasteiger partial charge is 0.329 e. The maximum atomic E-state index is 14.1. The zero-order chi connectivity index (χ0) is 21.0. The summed E-state index contributed by atoms with van der Waals surface area (Å²) in [5, 5.41) is 6.03. The highest BCUT2D eigenvalue weighted by atomic mass is 16.2. The second-order valence-corrected chi connectivity index (χ2v) is 9.83. The average Bonchev–Trinajstić information content (AvgIpc) is 3.11. The Kier molecular flexibility index (Phi) is 4.39. The summed E-state index contributed by atoms with van der Waals surface area (Å²) < 4.78 is 0. The van der Waals surface area contributed by atoms with E-state index in [0.717, 1.165) is 30.0 Å². The number of hydrogen-bond donors (Lipinski definition) is 1. The quantitative estimate of drug-likeness (QED) is 0.686. The number of piperidine rings is 1. The molecule has 2 aromatic carbocycles. The summed E-state index contributed by atoms with van der Waals surface area (Å²) in [5.41, 5.74) is 2.09. The van der Waals surface area contributed by atoms with Crippen molar-refractivity contribution in [2.75, 3.05) is 0 Å². The van der Waals surface area contributed by atoms with Crippen LogP contribution in [-0.2, 0) is 6.42 Å². The number of nitrogens with zero attached hydrogens (tertiary/aromatic N) is 2. The minimum Gasteiger partial charge on any atom is -0.329 e. The lowest BCUT2D eigenvalue weighted by atomic mass is 9.65. The fourth-order valence-corrected chi connectivity index (χ4v) is 6.67. The van der Waals surface area contributed by atoms with E-state index >= 15 is 0 Å². The van der Waals surface area contributed by atoms with Crippen LogP contribution in [0.2, 0.25) is 0 Å². The van der Waals surface area contributed by atoms with Gasteiger partial charge in [-0.1, -0.05) is 61.5 Å². The lowest BCUT2D eigenvalue weighted by molar-refractivity contribution is 0.0555. The molecule has 1 aromatic heterocycles. The number of fused-ring (bicyclic) bond motifs is 2. The molecule has 5 atom stereocenters. The zero-order valence-corrected chi connectivity index (χ0v) is 18.0. The molecule has 0 radical (unpaired) electrons. The topological polar surface area (TPSA) is 45.2 Å². The Morgan fingerprint density at radius 1 is 1.10 bits per heavy atom. The van der Waals surface area contributed by atoms with Gasteiger partial charge in [0, 0.05) is 41.2 Å². The molecule has 1 N–H and O–H groups in total. The molecule has 2 aliphatic heterocycles. The van der Waals surface area contributed by atoms with Gasteiger partial charge in [0.2, 0.25) is 0 Å². The summed E-state index contributed by atoms with van der Waals surface area (Å²) in [5.74, 6) is 0.109. The second-order valence-electron chi connectivity index (χ2n) is 9.83. The molecule has 3 fully saturated rings. The Morgan fingerprint density at radius 3 is 2.77 bits per heavy atom. The fraction of sp³-hybridized carbons (Fsp3) is 0.407. The van der Waals surface area contributed by atoms with E-state index in [1.54, 1.807) is 6.20 Å². The van der Waals surface area contributed by atoms with Crippen molar-refractivity contribution in [2.45, 2.75) is 63.2 Å². The normalized spacial score (nSPS) is 31.7. The van der Waals surface area contributed by atoms with E-state index in [9.17, 15) is 4.79 Å². The van der Waals surface area contributed by atoms with Crippen LogP contribution in [0.3, 0.4) is 0 Å². The third-order valence-corrected chi connectivity index (χ3v) is 8.16. The Bertz CT molecular complexity index is 1120. The number of amides is 1. The number of aromatic nitrogens is 1. The molecular weight excluding hydrogens is 382 g/mol. The Morgan fingerprint density at radius 2 is 1.90 bits per heavy atom. The van der Waals surface area contributed by atoms with Gasteiger partial charge in [-0.15, -0.1) is 0 Å². The summed E-state index contributed by atoms with van der Waals surface area (Å²) in [6, 6.07) is 22.1. The Labute approximate surface area is 183 Å². The molecule has 0 spiro atoms. The molecule has 0 unspecified atom stereocenters. The van der Waals surface area contributed by atoms with E-state index in [0.29, 0.717) is 11.7 Å². The lowest BCUT2D eigenvalue weighted by Crippen LogP contribution is -2.58. The van der Waals surface area contributed by atoms with E-state index in [-0.39, 0.29) is 29.4 Å². The number of likely N-dealkylation sites (tertiary alicyclic amines) is 1. The van der Waals surface area contributed by atoms with Crippen LogP contribution in [0, 0.1) is 5.41 Å². The molecule has 2 saturated heterocycles. The minimum absolute atomic E-state index is 0.109. The average molecular weight is 412 g/mol. The monoisotopic (exact) mass is 411 g/mol. The second kappa shape index (κ2) is 7.16. The molecule has 1 saturated carbocycles. The number of hydrogen-bond acceptors (Lipinski definition) is 3. The third kappa shape index (κ3) is 2.92. The van der Waals surface area contributed by atoms with Gasteiger partial charge in [0.1, 0.15) is 5.69 Å². The van der Waals surface area contributed by atoms with Crippen LogP contribution in [0.1, 0.15) is 48.7 Å². The fourth-order valence-electron chi connectivity index (χ4n) is 6.67. The van der Waals surface area contributed by atoms with Crippen molar-refractivity contribution < 1.29 is 4.79 Å². The highest BCUT2D eigenvalue weighted by Crippen LogP contribution is 2.53. The zero-order valence-electron chi connectivity index (χ0n) is 18.0. The van der Waals surface area contributed by atoms with Crippen LogP contribution in [0.5, 0.6) is 0 Å². The van der Waals surface area contributed by atoms with Gasteiger partial charge >= 0.3 is 0 Å². The molecule has 3 aliphatic rings. The van der Waals surface area contributed by atoms with Crippen LogP contribution in [0.4, 0.5) is 0 Å². The summed E-state index contributed by atoms with van der Waals surface area (Å²) in [7, 11) is 0. The van der Waals surface area contributed by atoms with Crippen molar-refractivity contribution in [3.8, 4) is 0 Å². The van der Waals surface area contributed by atoms with Gasteiger partial charge in [0.15, 0.2) is 0 Å². The maximum absolute atomic E-state index is 14.1. The van der Waals surface area contributed by atoms with Crippen molar-refractivity contribution in [1.82, 2.24) is 15.2 Å². The molecule has 3 aromatic rings. The van der Waals surface area contributed by atoms with Gasteiger partial charge in [0.25, 0.3) is 5.91 Å². The summed E-state index contributed by atoms with van der Waals surface area (Å²) in [6.07, 6.45) is 7.30. The smallest absolute Gasteiger partial charge is 0.273 e. The molecule has 1 aliphatic carbocycles. The van der Waals surface area contributed by atoms with Crippen LogP contribution in [-0.4, -0.2) is 40.0 Å². The summed E-state index contributed by atoms with van der Waals surface area (Å²) in [6.45, 7) is 2.41. The van der Waals surface area contributed by atoms with Crippen molar-refractivity contribution >= 4 is 16.7 Å². The maximum Gasteiger partial charge on any atom is 0.273 e. The standard InChI is InChI=1S/C27H29N3O/c1-27-17-22-21(16-18-8-3-2-4-9-18)29-23(27)12-7-13-24(27)30(22)26(31)25-20-11-6-5-10-19(20)14-15-28-25/h2-6,8-11,14-15,21-24,29H,7,12-13,16-17H2,1H3/t21-,22-,23+,24-,27+/m0/s1.